The molecule has 0 fully saturated rings. The first-order chi connectivity index (χ1) is 10.1. The minimum absolute atomic E-state index is 0.238. The second-order valence-electron chi connectivity index (χ2n) is 5.06. The van der Waals surface area contributed by atoms with Crippen molar-refractivity contribution in [3.05, 3.63) is 28.8 Å². The number of benzene rings is 1. The van der Waals surface area contributed by atoms with Gasteiger partial charge in [-0.15, -0.1) is 0 Å². The third-order valence-electron chi connectivity index (χ3n) is 3.38. The van der Waals surface area contributed by atoms with Crippen molar-refractivity contribution in [2.24, 2.45) is 0 Å². The SMILES string of the molecule is CCNCc1ccc(N(CCOC)C(C)COC)c(Cl)c1. The molecular formula is C16H27ClN2O2. The average Bonchev–Trinajstić information content (AvgIpc) is 2.47. The second-order valence-corrected chi connectivity index (χ2v) is 5.46. The summed E-state index contributed by atoms with van der Waals surface area (Å²) < 4.78 is 10.5. The van der Waals surface area contributed by atoms with Crippen molar-refractivity contribution in [3.8, 4) is 0 Å². The first-order valence-corrected chi connectivity index (χ1v) is 7.75. The van der Waals surface area contributed by atoms with E-state index in [9.17, 15) is 0 Å². The maximum absolute atomic E-state index is 6.48. The molecule has 0 spiro atoms. The molecule has 120 valence electrons. The maximum Gasteiger partial charge on any atom is 0.0663 e. The van der Waals surface area contributed by atoms with E-state index in [-0.39, 0.29) is 6.04 Å². The molecule has 1 N–H and O–H groups in total. The molecule has 0 aliphatic heterocycles. The van der Waals surface area contributed by atoms with Crippen LogP contribution in [0.4, 0.5) is 5.69 Å². The van der Waals surface area contributed by atoms with Crippen molar-refractivity contribution >= 4 is 17.3 Å². The van der Waals surface area contributed by atoms with Crippen LogP contribution in [0.1, 0.15) is 19.4 Å². The van der Waals surface area contributed by atoms with Gasteiger partial charge in [-0.2, -0.15) is 0 Å². The molecule has 0 bridgehead atoms. The molecular weight excluding hydrogens is 288 g/mol. The highest BCUT2D eigenvalue weighted by molar-refractivity contribution is 6.33. The van der Waals surface area contributed by atoms with Gasteiger partial charge in [-0.3, -0.25) is 0 Å². The highest BCUT2D eigenvalue weighted by Crippen LogP contribution is 2.28. The van der Waals surface area contributed by atoms with Crippen LogP contribution in [0.2, 0.25) is 5.02 Å². The average molecular weight is 315 g/mol. The molecule has 0 saturated heterocycles. The van der Waals surface area contributed by atoms with E-state index in [0.717, 1.165) is 30.3 Å². The number of rotatable bonds is 10. The van der Waals surface area contributed by atoms with Crippen molar-refractivity contribution in [2.75, 3.05) is 45.4 Å². The molecule has 0 amide bonds. The lowest BCUT2D eigenvalue weighted by molar-refractivity contribution is 0.171. The first-order valence-electron chi connectivity index (χ1n) is 7.37. The summed E-state index contributed by atoms with van der Waals surface area (Å²) in [4.78, 5) is 2.23. The number of hydrogen-bond donors (Lipinski definition) is 1. The Kier molecular flexibility index (Phi) is 8.69. The van der Waals surface area contributed by atoms with Gasteiger partial charge in [0.1, 0.15) is 0 Å². The van der Waals surface area contributed by atoms with Gasteiger partial charge in [0.05, 0.1) is 23.9 Å². The van der Waals surface area contributed by atoms with Crippen LogP contribution in [-0.4, -0.2) is 46.6 Å². The fraction of sp³-hybridized carbons (Fsp3) is 0.625. The summed E-state index contributed by atoms with van der Waals surface area (Å²) in [7, 11) is 3.42. The third kappa shape index (κ3) is 5.83. The Balaban J connectivity index is 2.90. The summed E-state index contributed by atoms with van der Waals surface area (Å²) in [5, 5.41) is 4.07. The van der Waals surface area contributed by atoms with Crippen LogP contribution in [-0.2, 0) is 16.0 Å². The van der Waals surface area contributed by atoms with Gasteiger partial charge in [0, 0.05) is 33.4 Å². The van der Waals surface area contributed by atoms with Gasteiger partial charge in [0.15, 0.2) is 0 Å². The van der Waals surface area contributed by atoms with Crippen molar-refractivity contribution in [1.82, 2.24) is 5.32 Å². The van der Waals surface area contributed by atoms with Gasteiger partial charge in [-0.05, 0) is 31.2 Å². The van der Waals surface area contributed by atoms with Gasteiger partial charge < -0.3 is 19.7 Å². The largest absolute Gasteiger partial charge is 0.383 e. The molecule has 0 heterocycles. The normalized spacial score (nSPS) is 12.4. The lowest BCUT2D eigenvalue weighted by atomic mass is 10.1. The lowest BCUT2D eigenvalue weighted by Crippen LogP contribution is -2.38. The fourth-order valence-corrected chi connectivity index (χ4v) is 2.57. The molecule has 1 atom stereocenters. The Bertz CT molecular complexity index is 415. The molecule has 1 aromatic carbocycles. The van der Waals surface area contributed by atoms with Crippen LogP contribution < -0.4 is 10.2 Å². The van der Waals surface area contributed by atoms with Gasteiger partial charge in [0.25, 0.3) is 0 Å². The molecule has 5 heteroatoms. The predicted octanol–water partition coefficient (Wildman–Crippen LogP) is 2.94. The van der Waals surface area contributed by atoms with Crippen molar-refractivity contribution in [3.63, 3.8) is 0 Å². The smallest absolute Gasteiger partial charge is 0.0663 e. The summed E-state index contributed by atoms with van der Waals surface area (Å²) in [6.45, 7) is 8.10. The molecule has 1 rings (SSSR count). The van der Waals surface area contributed by atoms with Crippen molar-refractivity contribution in [1.29, 1.82) is 0 Å². The van der Waals surface area contributed by atoms with Crippen LogP contribution in [0.3, 0.4) is 0 Å². The van der Waals surface area contributed by atoms with Crippen molar-refractivity contribution in [2.45, 2.75) is 26.4 Å². The summed E-state index contributed by atoms with van der Waals surface area (Å²) in [5.74, 6) is 0. The second kappa shape index (κ2) is 10.0. The number of nitrogens with zero attached hydrogens (tertiary/aromatic N) is 1. The zero-order chi connectivity index (χ0) is 15.7. The van der Waals surface area contributed by atoms with Gasteiger partial charge in [-0.1, -0.05) is 24.6 Å². The van der Waals surface area contributed by atoms with E-state index >= 15 is 0 Å². The Labute approximate surface area is 133 Å². The number of nitrogens with one attached hydrogen (secondary N) is 1. The molecule has 1 unspecified atom stereocenters. The number of methoxy groups -OCH3 is 2. The molecule has 4 nitrogen and oxygen atoms in total. The number of ether oxygens (including phenoxy) is 2. The van der Waals surface area contributed by atoms with Crippen molar-refractivity contribution < 1.29 is 9.47 Å². The van der Waals surface area contributed by atoms with E-state index in [0.29, 0.717) is 13.2 Å². The Hall–Kier alpha value is -0.810. The minimum atomic E-state index is 0.238. The molecule has 1 aromatic rings. The zero-order valence-electron chi connectivity index (χ0n) is 13.5. The summed E-state index contributed by atoms with van der Waals surface area (Å²) >= 11 is 6.48. The number of hydrogen-bond acceptors (Lipinski definition) is 4. The van der Waals surface area contributed by atoms with Crippen LogP contribution in [0.15, 0.2) is 18.2 Å². The molecule has 0 aromatic heterocycles. The number of halogens is 1. The van der Waals surface area contributed by atoms with Gasteiger partial charge >= 0.3 is 0 Å². The molecule has 0 aliphatic carbocycles. The van der Waals surface area contributed by atoms with E-state index in [4.69, 9.17) is 21.1 Å². The van der Waals surface area contributed by atoms with E-state index in [1.54, 1.807) is 14.2 Å². The minimum Gasteiger partial charge on any atom is -0.383 e. The first kappa shape index (κ1) is 18.2. The highest BCUT2D eigenvalue weighted by Gasteiger charge is 2.17. The van der Waals surface area contributed by atoms with Crippen LogP contribution in [0.5, 0.6) is 0 Å². The summed E-state index contributed by atoms with van der Waals surface area (Å²) in [5.41, 5.74) is 2.22. The number of anilines is 1. The summed E-state index contributed by atoms with van der Waals surface area (Å²) in [6.07, 6.45) is 0. The van der Waals surface area contributed by atoms with Crippen LogP contribution in [0.25, 0.3) is 0 Å². The molecule has 21 heavy (non-hydrogen) atoms. The van der Waals surface area contributed by atoms with E-state index in [1.165, 1.54) is 5.56 Å². The van der Waals surface area contributed by atoms with E-state index in [2.05, 4.69) is 36.2 Å². The summed E-state index contributed by atoms with van der Waals surface area (Å²) in [6, 6.07) is 6.46. The third-order valence-corrected chi connectivity index (χ3v) is 3.68. The lowest BCUT2D eigenvalue weighted by Gasteiger charge is -2.31. The maximum atomic E-state index is 6.48. The predicted molar refractivity (Wildman–Crippen MR) is 89.4 cm³/mol. The highest BCUT2D eigenvalue weighted by atomic mass is 35.5. The fourth-order valence-electron chi connectivity index (χ4n) is 2.26. The van der Waals surface area contributed by atoms with E-state index in [1.807, 2.05) is 6.07 Å². The molecule has 0 aliphatic rings. The Morgan fingerprint density at radius 3 is 2.62 bits per heavy atom. The topological polar surface area (TPSA) is 33.7 Å². The quantitative estimate of drug-likeness (QED) is 0.720. The Morgan fingerprint density at radius 2 is 2.05 bits per heavy atom. The molecule has 0 radical (unpaired) electrons. The zero-order valence-corrected chi connectivity index (χ0v) is 14.2. The van der Waals surface area contributed by atoms with Crippen LogP contribution >= 0.6 is 11.6 Å². The van der Waals surface area contributed by atoms with Gasteiger partial charge in [-0.25, -0.2) is 0 Å². The van der Waals surface area contributed by atoms with Crippen LogP contribution in [0, 0.1) is 0 Å². The van der Waals surface area contributed by atoms with E-state index < -0.39 is 0 Å². The molecule has 0 saturated carbocycles. The van der Waals surface area contributed by atoms with Gasteiger partial charge in [0.2, 0.25) is 0 Å². The monoisotopic (exact) mass is 314 g/mol. The standard InChI is InChI=1S/C16H27ClN2O2/c1-5-18-11-14-6-7-16(15(17)10-14)19(8-9-20-3)13(2)12-21-4/h6-7,10,13,18H,5,8-9,11-12H2,1-4H3. The Morgan fingerprint density at radius 1 is 1.29 bits per heavy atom.